The van der Waals surface area contributed by atoms with Crippen LogP contribution in [0.4, 0.5) is 0 Å². The zero-order chi connectivity index (χ0) is 14.2. The first kappa shape index (κ1) is 18.5. The molecule has 0 aromatic carbocycles. The Morgan fingerprint density at radius 1 is 0.737 bits per heavy atom. The molecule has 0 aliphatic heterocycles. The summed E-state index contributed by atoms with van der Waals surface area (Å²) in [7, 11) is 0. The molecule has 0 aliphatic carbocycles. The van der Waals surface area contributed by atoms with Gasteiger partial charge >= 0.3 is 0 Å². The average Bonchev–Trinajstić information content (AvgIpc) is 2.39. The molecule has 2 N–H and O–H groups in total. The second-order valence-corrected chi connectivity index (χ2v) is 5.96. The van der Waals surface area contributed by atoms with Crippen LogP contribution in [0.2, 0.25) is 0 Å². The van der Waals surface area contributed by atoms with Crippen LogP contribution >= 0.6 is 0 Å². The number of unbranched alkanes of at least 4 members (excludes halogenated alkanes) is 12. The van der Waals surface area contributed by atoms with Crippen molar-refractivity contribution in [2.45, 2.75) is 103 Å². The smallest absolute Gasteiger partial charge is 0.00860 e. The van der Waals surface area contributed by atoms with Gasteiger partial charge < -0.3 is 5.73 Å². The highest BCUT2D eigenvalue weighted by Crippen LogP contribution is 2.13. The second-order valence-electron chi connectivity index (χ2n) is 5.96. The number of terminal acetylenes is 1. The first-order valence-corrected chi connectivity index (χ1v) is 8.46. The summed E-state index contributed by atoms with van der Waals surface area (Å²) in [5, 5.41) is 0. The molecular formula is C18H35N. The van der Waals surface area contributed by atoms with Gasteiger partial charge in [-0.2, -0.15) is 0 Å². The summed E-state index contributed by atoms with van der Waals surface area (Å²) in [5.74, 6) is 2.71. The molecule has 0 aromatic heterocycles. The van der Waals surface area contributed by atoms with E-state index >= 15 is 0 Å². The molecule has 0 radical (unpaired) electrons. The minimum atomic E-state index is 0.389. The fraction of sp³-hybridized carbons (Fsp3) is 0.889. The Kier molecular flexibility index (Phi) is 15.2. The summed E-state index contributed by atoms with van der Waals surface area (Å²) < 4.78 is 0. The van der Waals surface area contributed by atoms with Gasteiger partial charge in [0, 0.05) is 12.5 Å². The maximum atomic E-state index is 5.73. The number of rotatable bonds is 14. The molecule has 0 fully saturated rings. The maximum absolute atomic E-state index is 5.73. The van der Waals surface area contributed by atoms with Gasteiger partial charge in [0.1, 0.15) is 0 Å². The van der Waals surface area contributed by atoms with Crippen LogP contribution in [0.5, 0.6) is 0 Å². The molecule has 0 amide bonds. The first-order chi connectivity index (χ1) is 9.27. The van der Waals surface area contributed by atoms with Crippen LogP contribution in [0.1, 0.15) is 96.8 Å². The van der Waals surface area contributed by atoms with Crippen LogP contribution in [0.15, 0.2) is 0 Å². The molecule has 112 valence electrons. The van der Waals surface area contributed by atoms with Crippen molar-refractivity contribution in [1.82, 2.24) is 0 Å². The summed E-state index contributed by atoms with van der Waals surface area (Å²) in [6, 6.07) is 0.389. The van der Waals surface area contributed by atoms with Gasteiger partial charge in [-0.15, -0.1) is 12.3 Å². The van der Waals surface area contributed by atoms with E-state index in [1.807, 2.05) is 0 Å². The molecule has 1 heteroatoms. The third-order valence-electron chi connectivity index (χ3n) is 3.73. The van der Waals surface area contributed by atoms with Gasteiger partial charge in [0.15, 0.2) is 0 Å². The maximum Gasteiger partial charge on any atom is 0.00860 e. The predicted octanol–water partition coefficient (Wildman–Crippen LogP) is 5.43. The Balaban J connectivity index is 2.94. The van der Waals surface area contributed by atoms with Gasteiger partial charge in [0.05, 0.1) is 0 Å². The van der Waals surface area contributed by atoms with E-state index in [4.69, 9.17) is 12.2 Å². The summed E-state index contributed by atoms with van der Waals surface area (Å²) in [6.45, 7) is 2.10. The molecule has 1 atom stereocenters. The van der Waals surface area contributed by atoms with Gasteiger partial charge in [-0.25, -0.2) is 0 Å². The van der Waals surface area contributed by atoms with E-state index in [9.17, 15) is 0 Å². The molecule has 0 aliphatic rings. The highest BCUT2D eigenvalue weighted by atomic mass is 14.6. The van der Waals surface area contributed by atoms with Crippen LogP contribution in [-0.2, 0) is 0 Å². The highest BCUT2D eigenvalue weighted by molar-refractivity contribution is 4.82. The van der Waals surface area contributed by atoms with Crippen LogP contribution < -0.4 is 5.73 Å². The van der Waals surface area contributed by atoms with Gasteiger partial charge in [-0.1, -0.05) is 70.6 Å². The third kappa shape index (κ3) is 17.5. The molecule has 0 saturated carbocycles. The van der Waals surface area contributed by atoms with Crippen molar-refractivity contribution in [3.63, 3.8) is 0 Å². The fourth-order valence-corrected chi connectivity index (χ4v) is 2.46. The van der Waals surface area contributed by atoms with Crippen LogP contribution in [0.3, 0.4) is 0 Å². The number of hydrogen-bond donors (Lipinski definition) is 1. The van der Waals surface area contributed by atoms with Crippen LogP contribution in [0, 0.1) is 12.3 Å². The van der Waals surface area contributed by atoms with Crippen molar-refractivity contribution in [2.24, 2.45) is 5.73 Å². The molecule has 0 heterocycles. The summed E-state index contributed by atoms with van der Waals surface area (Å²) in [5.41, 5.74) is 5.73. The quantitative estimate of drug-likeness (QED) is 0.329. The van der Waals surface area contributed by atoms with E-state index in [0.717, 1.165) is 6.42 Å². The van der Waals surface area contributed by atoms with Crippen LogP contribution in [-0.4, -0.2) is 6.04 Å². The largest absolute Gasteiger partial charge is 0.328 e. The predicted molar refractivity (Wildman–Crippen MR) is 87.1 cm³/mol. The fourth-order valence-electron chi connectivity index (χ4n) is 2.46. The number of nitrogens with two attached hydrogens (primary N) is 1. The minimum Gasteiger partial charge on any atom is -0.328 e. The molecule has 19 heavy (non-hydrogen) atoms. The topological polar surface area (TPSA) is 26.0 Å². The van der Waals surface area contributed by atoms with Crippen molar-refractivity contribution in [3.05, 3.63) is 0 Å². The molecule has 1 nitrogen and oxygen atoms in total. The van der Waals surface area contributed by atoms with E-state index in [-0.39, 0.29) is 0 Å². The lowest BCUT2D eigenvalue weighted by Gasteiger charge is -2.04. The third-order valence-corrected chi connectivity index (χ3v) is 3.73. The monoisotopic (exact) mass is 265 g/mol. The van der Waals surface area contributed by atoms with E-state index < -0.39 is 0 Å². The molecule has 0 spiro atoms. The van der Waals surface area contributed by atoms with Gasteiger partial charge in [0.25, 0.3) is 0 Å². The first-order valence-electron chi connectivity index (χ1n) is 8.46. The van der Waals surface area contributed by atoms with Crippen molar-refractivity contribution < 1.29 is 0 Å². The second kappa shape index (κ2) is 15.6. The van der Waals surface area contributed by atoms with E-state index in [0.29, 0.717) is 6.04 Å². The lowest BCUT2D eigenvalue weighted by molar-refractivity contribution is 0.526. The van der Waals surface area contributed by atoms with Crippen LogP contribution in [0.25, 0.3) is 0 Å². The molecule has 0 rings (SSSR count). The standard InChI is InChI=1S/C18H35N/c1-3-4-5-6-7-8-9-10-11-12-13-14-15-16-17-18(2)19/h1,18H,4-17,19H2,2H3/t18-/m0/s1. The lowest BCUT2D eigenvalue weighted by atomic mass is 10.0. The minimum absolute atomic E-state index is 0.389. The number of hydrogen-bond acceptors (Lipinski definition) is 1. The highest BCUT2D eigenvalue weighted by Gasteiger charge is 1.95. The summed E-state index contributed by atoms with van der Waals surface area (Å²) in [6.07, 6.45) is 23.9. The Hall–Kier alpha value is -0.480. The molecule has 0 aromatic rings. The Morgan fingerprint density at radius 2 is 1.11 bits per heavy atom. The zero-order valence-electron chi connectivity index (χ0n) is 13.1. The summed E-state index contributed by atoms with van der Waals surface area (Å²) in [4.78, 5) is 0. The van der Waals surface area contributed by atoms with Gasteiger partial charge in [-0.3, -0.25) is 0 Å². The van der Waals surface area contributed by atoms with Crippen molar-refractivity contribution >= 4 is 0 Å². The lowest BCUT2D eigenvalue weighted by Crippen LogP contribution is -2.13. The normalized spacial score (nSPS) is 12.3. The Labute approximate surface area is 121 Å². The van der Waals surface area contributed by atoms with E-state index in [2.05, 4.69) is 12.8 Å². The molecule has 0 unspecified atom stereocenters. The SMILES string of the molecule is C#CCCCCCCCCCCCCCC[C@H](C)N. The van der Waals surface area contributed by atoms with Gasteiger partial charge in [-0.05, 0) is 19.8 Å². The summed E-state index contributed by atoms with van der Waals surface area (Å²) >= 11 is 0. The Bertz CT molecular complexity index is 202. The van der Waals surface area contributed by atoms with Gasteiger partial charge in [0.2, 0.25) is 0 Å². The van der Waals surface area contributed by atoms with Crippen molar-refractivity contribution in [3.8, 4) is 12.3 Å². The Morgan fingerprint density at radius 3 is 1.47 bits per heavy atom. The van der Waals surface area contributed by atoms with E-state index in [1.54, 1.807) is 0 Å². The average molecular weight is 265 g/mol. The van der Waals surface area contributed by atoms with E-state index in [1.165, 1.54) is 83.5 Å². The van der Waals surface area contributed by atoms with Crippen molar-refractivity contribution in [2.75, 3.05) is 0 Å². The molecule has 0 bridgehead atoms. The molecule has 0 saturated heterocycles. The van der Waals surface area contributed by atoms with Crippen molar-refractivity contribution in [1.29, 1.82) is 0 Å². The zero-order valence-corrected chi connectivity index (χ0v) is 13.1. The molecular weight excluding hydrogens is 230 g/mol.